The summed E-state index contributed by atoms with van der Waals surface area (Å²) in [5.74, 6) is 2.12. The molecule has 1 aromatic rings. The van der Waals surface area contributed by atoms with Crippen LogP contribution < -0.4 is 0 Å². The van der Waals surface area contributed by atoms with Crippen LogP contribution in [0.3, 0.4) is 0 Å². The van der Waals surface area contributed by atoms with Crippen LogP contribution in [0.1, 0.15) is 20.3 Å². The highest BCUT2D eigenvalue weighted by molar-refractivity contribution is 7.85. The van der Waals surface area contributed by atoms with Crippen LogP contribution in [0.5, 0.6) is 0 Å². The highest BCUT2D eigenvalue weighted by atomic mass is 32.2. The van der Waals surface area contributed by atoms with E-state index in [2.05, 4.69) is 6.92 Å². The number of benzene rings is 1. The fourth-order valence-corrected chi connectivity index (χ4v) is 3.85. The molecule has 3 heteroatoms. The topological polar surface area (TPSA) is 37.3 Å². The average Bonchev–Trinajstić information content (AvgIpc) is 3.10. The summed E-state index contributed by atoms with van der Waals surface area (Å²) in [6, 6.07) is 9.62. The second-order valence-electron chi connectivity index (χ2n) is 5.11. The van der Waals surface area contributed by atoms with E-state index in [0.717, 1.165) is 11.3 Å². The van der Waals surface area contributed by atoms with Crippen LogP contribution in [-0.2, 0) is 10.8 Å². The Bertz CT molecular complexity index is 388. The van der Waals surface area contributed by atoms with Gasteiger partial charge in [-0.3, -0.25) is 4.21 Å². The summed E-state index contributed by atoms with van der Waals surface area (Å²) in [5, 5.41) is 9.49. The minimum absolute atomic E-state index is 0.215. The number of hydrogen-bond donors (Lipinski definition) is 1. The van der Waals surface area contributed by atoms with E-state index in [-0.39, 0.29) is 6.10 Å². The first-order valence-electron chi connectivity index (χ1n) is 6.21. The number of aliphatic hydroxyl groups is 1. The molecule has 0 aromatic heterocycles. The summed E-state index contributed by atoms with van der Waals surface area (Å²) >= 11 is 0. The molecular formula is C14H20O2S. The van der Waals surface area contributed by atoms with E-state index in [1.54, 1.807) is 0 Å². The van der Waals surface area contributed by atoms with E-state index in [0.29, 0.717) is 23.5 Å². The van der Waals surface area contributed by atoms with Crippen LogP contribution in [0.4, 0.5) is 0 Å². The van der Waals surface area contributed by atoms with Gasteiger partial charge >= 0.3 is 0 Å². The summed E-state index contributed by atoms with van der Waals surface area (Å²) in [5.41, 5.74) is 0. The summed E-state index contributed by atoms with van der Waals surface area (Å²) in [6.07, 6.45) is 0.873. The van der Waals surface area contributed by atoms with Crippen LogP contribution in [0.25, 0.3) is 0 Å². The van der Waals surface area contributed by atoms with E-state index in [9.17, 15) is 9.32 Å². The monoisotopic (exact) mass is 252 g/mol. The molecule has 17 heavy (non-hydrogen) atoms. The van der Waals surface area contributed by atoms with E-state index < -0.39 is 10.8 Å². The molecule has 0 amide bonds. The largest absolute Gasteiger partial charge is 0.393 e. The molecule has 2 rings (SSSR count). The SMILES string of the molecule is C[C@H](O)[C@H]1C[C@H]1[C@H](C)CS(=O)c1ccccc1. The zero-order valence-corrected chi connectivity index (χ0v) is 11.2. The van der Waals surface area contributed by atoms with Crippen molar-refractivity contribution in [3.05, 3.63) is 30.3 Å². The van der Waals surface area contributed by atoms with Crippen LogP contribution in [0, 0.1) is 17.8 Å². The summed E-state index contributed by atoms with van der Waals surface area (Å²) in [6.45, 7) is 4.00. The van der Waals surface area contributed by atoms with Gasteiger partial charge in [0.2, 0.25) is 0 Å². The first kappa shape index (κ1) is 12.8. The van der Waals surface area contributed by atoms with Crippen molar-refractivity contribution in [2.45, 2.75) is 31.3 Å². The third-order valence-corrected chi connectivity index (χ3v) is 5.29. The van der Waals surface area contributed by atoms with Crippen molar-refractivity contribution in [1.29, 1.82) is 0 Å². The van der Waals surface area contributed by atoms with Crippen LogP contribution >= 0.6 is 0 Å². The molecule has 1 aromatic carbocycles. The predicted molar refractivity (Wildman–Crippen MR) is 70.2 cm³/mol. The van der Waals surface area contributed by atoms with Crippen molar-refractivity contribution in [1.82, 2.24) is 0 Å². The van der Waals surface area contributed by atoms with Crippen molar-refractivity contribution in [3.8, 4) is 0 Å². The van der Waals surface area contributed by atoms with Gasteiger partial charge in [0.1, 0.15) is 0 Å². The summed E-state index contributed by atoms with van der Waals surface area (Å²) in [7, 11) is -0.904. The molecule has 1 fully saturated rings. The molecule has 1 N–H and O–H groups in total. The Hall–Kier alpha value is -0.670. The number of hydrogen-bond acceptors (Lipinski definition) is 2. The van der Waals surface area contributed by atoms with Gasteiger partial charge in [-0.15, -0.1) is 0 Å². The van der Waals surface area contributed by atoms with Gasteiger partial charge in [-0.05, 0) is 43.2 Å². The van der Waals surface area contributed by atoms with Gasteiger partial charge in [-0.1, -0.05) is 25.1 Å². The lowest BCUT2D eigenvalue weighted by Crippen LogP contribution is -2.14. The van der Waals surface area contributed by atoms with Crippen molar-refractivity contribution >= 4 is 10.8 Å². The maximum Gasteiger partial charge on any atom is 0.0543 e. The summed E-state index contributed by atoms with van der Waals surface area (Å²) in [4.78, 5) is 0.911. The fourth-order valence-electron chi connectivity index (χ4n) is 2.48. The molecule has 2 nitrogen and oxygen atoms in total. The van der Waals surface area contributed by atoms with E-state index >= 15 is 0 Å². The number of rotatable bonds is 5. The smallest absolute Gasteiger partial charge is 0.0543 e. The lowest BCUT2D eigenvalue weighted by molar-refractivity contribution is 0.160. The summed E-state index contributed by atoms with van der Waals surface area (Å²) < 4.78 is 12.1. The Morgan fingerprint density at radius 1 is 1.29 bits per heavy atom. The quantitative estimate of drug-likeness (QED) is 0.874. The zero-order valence-electron chi connectivity index (χ0n) is 10.4. The second kappa shape index (κ2) is 5.32. The van der Waals surface area contributed by atoms with Gasteiger partial charge in [-0.2, -0.15) is 0 Å². The lowest BCUT2D eigenvalue weighted by atomic mass is 10.1. The minimum Gasteiger partial charge on any atom is -0.393 e. The maximum atomic E-state index is 12.1. The van der Waals surface area contributed by atoms with E-state index in [4.69, 9.17) is 0 Å². The van der Waals surface area contributed by atoms with Gasteiger partial charge in [0.05, 0.1) is 16.9 Å². The van der Waals surface area contributed by atoms with Crippen molar-refractivity contribution in [2.24, 2.45) is 17.8 Å². The Morgan fingerprint density at radius 3 is 2.47 bits per heavy atom. The lowest BCUT2D eigenvalue weighted by Gasteiger charge is -2.11. The van der Waals surface area contributed by atoms with Crippen molar-refractivity contribution in [2.75, 3.05) is 5.75 Å². The first-order valence-corrected chi connectivity index (χ1v) is 7.53. The van der Waals surface area contributed by atoms with Crippen LogP contribution in [0.2, 0.25) is 0 Å². The van der Waals surface area contributed by atoms with Crippen LogP contribution in [0.15, 0.2) is 35.2 Å². The Balaban J connectivity index is 1.88. The Kier molecular flexibility index (Phi) is 4.00. The molecule has 0 aliphatic heterocycles. The first-order chi connectivity index (χ1) is 8.09. The molecule has 0 bridgehead atoms. The number of aliphatic hydroxyl groups excluding tert-OH is 1. The van der Waals surface area contributed by atoms with E-state index in [1.807, 2.05) is 37.3 Å². The van der Waals surface area contributed by atoms with Gasteiger partial charge in [0.15, 0.2) is 0 Å². The zero-order chi connectivity index (χ0) is 12.4. The molecule has 0 saturated heterocycles. The highest BCUT2D eigenvalue weighted by Gasteiger charge is 2.44. The molecule has 0 radical (unpaired) electrons. The third kappa shape index (κ3) is 3.17. The minimum atomic E-state index is -0.904. The van der Waals surface area contributed by atoms with Crippen molar-refractivity contribution < 1.29 is 9.32 Å². The standard InChI is InChI=1S/C14H20O2S/c1-10(13-8-14(13)11(2)15)9-17(16)12-6-4-3-5-7-12/h3-7,10-11,13-15H,8-9H2,1-2H3/t10-,11+,13+,14-,17?/m1/s1. The normalized spacial score (nSPS) is 28.4. The maximum absolute atomic E-state index is 12.1. The molecule has 0 heterocycles. The van der Waals surface area contributed by atoms with E-state index in [1.165, 1.54) is 0 Å². The molecule has 94 valence electrons. The predicted octanol–water partition coefficient (Wildman–Crippen LogP) is 2.45. The second-order valence-corrected chi connectivity index (χ2v) is 6.60. The van der Waals surface area contributed by atoms with Gasteiger partial charge in [0, 0.05) is 10.6 Å². The molecule has 1 saturated carbocycles. The molecule has 5 atom stereocenters. The third-order valence-electron chi connectivity index (χ3n) is 3.66. The van der Waals surface area contributed by atoms with Gasteiger partial charge < -0.3 is 5.11 Å². The molecular weight excluding hydrogens is 232 g/mol. The van der Waals surface area contributed by atoms with Crippen LogP contribution in [-0.4, -0.2) is 21.2 Å². The molecule has 1 aliphatic carbocycles. The van der Waals surface area contributed by atoms with Gasteiger partial charge in [-0.25, -0.2) is 0 Å². The van der Waals surface area contributed by atoms with Crippen molar-refractivity contribution in [3.63, 3.8) is 0 Å². The Labute approximate surface area is 106 Å². The van der Waals surface area contributed by atoms with Gasteiger partial charge in [0.25, 0.3) is 0 Å². The fraction of sp³-hybridized carbons (Fsp3) is 0.571. The Morgan fingerprint density at radius 2 is 1.94 bits per heavy atom. The highest BCUT2D eigenvalue weighted by Crippen LogP contribution is 2.46. The molecule has 0 spiro atoms. The molecule has 1 unspecified atom stereocenters. The molecule has 1 aliphatic rings. The average molecular weight is 252 g/mol.